The summed E-state index contributed by atoms with van der Waals surface area (Å²) in [5, 5.41) is 12.2. The average Bonchev–Trinajstić information content (AvgIpc) is 2.70. The lowest BCUT2D eigenvalue weighted by Gasteiger charge is -2.19. The lowest BCUT2D eigenvalue weighted by molar-refractivity contribution is 0.0852. The Morgan fingerprint density at radius 3 is 2.73 bits per heavy atom. The molecule has 0 amide bonds. The van der Waals surface area contributed by atoms with Crippen LogP contribution < -0.4 is 5.32 Å². The molecule has 0 saturated heterocycles. The number of hydrogen-bond acceptors (Lipinski definition) is 3. The minimum Gasteiger partial charge on any atom is -0.396 e. The maximum atomic E-state index is 8.63. The van der Waals surface area contributed by atoms with Crippen molar-refractivity contribution in [1.29, 1.82) is 0 Å². The first kappa shape index (κ1) is 12.9. The SMILES string of the molecule is COC1CCCC1NCCCCCCO. The Morgan fingerprint density at radius 1 is 1.20 bits per heavy atom. The van der Waals surface area contributed by atoms with Crippen LogP contribution in [0.1, 0.15) is 44.9 Å². The molecule has 1 fully saturated rings. The fourth-order valence-electron chi connectivity index (χ4n) is 2.32. The van der Waals surface area contributed by atoms with Gasteiger partial charge in [-0.05, 0) is 38.6 Å². The monoisotopic (exact) mass is 215 g/mol. The molecule has 0 aliphatic heterocycles. The number of aliphatic hydroxyl groups is 1. The molecule has 1 saturated carbocycles. The predicted molar refractivity (Wildman–Crippen MR) is 62.0 cm³/mol. The van der Waals surface area contributed by atoms with Crippen molar-refractivity contribution in [3.05, 3.63) is 0 Å². The van der Waals surface area contributed by atoms with E-state index in [9.17, 15) is 0 Å². The molecule has 15 heavy (non-hydrogen) atoms. The summed E-state index contributed by atoms with van der Waals surface area (Å²) < 4.78 is 5.42. The molecule has 1 aliphatic rings. The molecule has 90 valence electrons. The summed E-state index contributed by atoms with van der Waals surface area (Å²) in [6.45, 7) is 1.43. The average molecular weight is 215 g/mol. The van der Waals surface area contributed by atoms with E-state index in [1.165, 1.54) is 32.1 Å². The maximum absolute atomic E-state index is 8.63. The van der Waals surface area contributed by atoms with Gasteiger partial charge in [0, 0.05) is 19.8 Å². The van der Waals surface area contributed by atoms with E-state index in [0.29, 0.717) is 18.8 Å². The van der Waals surface area contributed by atoms with Crippen molar-refractivity contribution in [3.63, 3.8) is 0 Å². The van der Waals surface area contributed by atoms with Crippen molar-refractivity contribution in [2.45, 2.75) is 57.1 Å². The van der Waals surface area contributed by atoms with Crippen molar-refractivity contribution in [2.75, 3.05) is 20.3 Å². The zero-order valence-electron chi connectivity index (χ0n) is 9.87. The van der Waals surface area contributed by atoms with E-state index in [1.807, 2.05) is 7.11 Å². The van der Waals surface area contributed by atoms with E-state index in [0.717, 1.165) is 19.4 Å². The van der Waals surface area contributed by atoms with Gasteiger partial charge in [-0.3, -0.25) is 0 Å². The highest BCUT2D eigenvalue weighted by molar-refractivity contribution is 4.83. The minimum atomic E-state index is 0.335. The Labute approximate surface area is 93.2 Å². The van der Waals surface area contributed by atoms with Crippen LogP contribution in [0.25, 0.3) is 0 Å². The van der Waals surface area contributed by atoms with Crippen LogP contribution in [0.4, 0.5) is 0 Å². The van der Waals surface area contributed by atoms with Crippen LogP contribution in [-0.2, 0) is 4.74 Å². The lowest BCUT2D eigenvalue weighted by atomic mass is 10.1. The molecule has 0 aromatic heterocycles. The molecule has 0 heterocycles. The summed E-state index contributed by atoms with van der Waals surface area (Å²) in [6.07, 6.45) is 8.72. The van der Waals surface area contributed by atoms with Crippen LogP contribution in [-0.4, -0.2) is 37.5 Å². The first-order valence-corrected chi connectivity index (χ1v) is 6.25. The Kier molecular flexibility index (Phi) is 6.98. The Balaban J connectivity index is 1.95. The second-order valence-electron chi connectivity index (χ2n) is 4.40. The summed E-state index contributed by atoms with van der Waals surface area (Å²) in [6, 6.07) is 0.577. The third kappa shape index (κ3) is 4.96. The second kappa shape index (κ2) is 8.08. The van der Waals surface area contributed by atoms with Crippen molar-refractivity contribution in [2.24, 2.45) is 0 Å². The van der Waals surface area contributed by atoms with E-state index in [-0.39, 0.29) is 0 Å². The second-order valence-corrected chi connectivity index (χ2v) is 4.40. The molecule has 1 rings (SSSR count). The molecule has 0 bridgehead atoms. The predicted octanol–water partition coefficient (Wildman–Crippen LogP) is 1.70. The van der Waals surface area contributed by atoms with Gasteiger partial charge in [-0.1, -0.05) is 12.8 Å². The van der Waals surface area contributed by atoms with Crippen molar-refractivity contribution >= 4 is 0 Å². The summed E-state index contributed by atoms with van der Waals surface area (Å²) in [5.74, 6) is 0. The molecule has 3 nitrogen and oxygen atoms in total. The normalized spacial score (nSPS) is 26.0. The van der Waals surface area contributed by atoms with Crippen LogP contribution in [0.2, 0.25) is 0 Å². The van der Waals surface area contributed by atoms with Crippen molar-refractivity contribution < 1.29 is 9.84 Å². The molecule has 3 heteroatoms. The lowest BCUT2D eigenvalue weighted by Crippen LogP contribution is -2.37. The van der Waals surface area contributed by atoms with Gasteiger partial charge >= 0.3 is 0 Å². The van der Waals surface area contributed by atoms with Crippen LogP contribution in [0, 0.1) is 0 Å². The van der Waals surface area contributed by atoms with E-state index in [1.54, 1.807) is 0 Å². The van der Waals surface area contributed by atoms with Gasteiger partial charge < -0.3 is 15.2 Å². The number of rotatable bonds is 8. The van der Waals surface area contributed by atoms with Crippen LogP contribution >= 0.6 is 0 Å². The van der Waals surface area contributed by atoms with Crippen molar-refractivity contribution in [1.82, 2.24) is 5.32 Å². The van der Waals surface area contributed by atoms with Gasteiger partial charge in [0.1, 0.15) is 0 Å². The molecule has 2 unspecified atom stereocenters. The van der Waals surface area contributed by atoms with E-state index in [2.05, 4.69) is 5.32 Å². The topological polar surface area (TPSA) is 41.5 Å². The van der Waals surface area contributed by atoms with E-state index >= 15 is 0 Å². The quantitative estimate of drug-likeness (QED) is 0.606. The van der Waals surface area contributed by atoms with Crippen molar-refractivity contribution in [3.8, 4) is 0 Å². The summed E-state index contributed by atoms with van der Waals surface area (Å²) in [7, 11) is 1.81. The van der Waals surface area contributed by atoms with Crippen LogP contribution in [0.15, 0.2) is 0 Å². The number of unbranched alkanes of at least 4 members (excludes halogenated alkanes) is 3. The van der Waals surface area contributed by atoms with Crippen LogP contribution in [0.5, 0.6) is 0 Å². The molecular weight excluding hydrogens is 190 g/mol. The van der Waals surface area contributed by atoms with Gasteiger partial charge in [0.05, 0.1) is 6.10 Å². The Hall–Kier alpha value is -0.120. The Morgan fingerprint density at radius 2 is 2.00 bits per heavy atom. The number of methoxy groups -OCH3 is 1. The van der Waals surface area contributed by atoms with Gasteiger partial charge in [0.15, 0.2) is 0 Å². The summed E-state index contributed by atoms with van der Waals surface area (Å²) in [4.78, 5) is 0. The third-order valence-electron chi connectivity index (χ3n) is 3.25. The standard InChI is InChI=1S/C12H25NO2/c1-15-12-8-6-7-11(12)13-9-4-2-3-5-10-14/h11-14H,2-10H2,1H3. The number of ether oxygens (including phenoxy) is 1. The Bertz CT molecular complexity index is 153. The fourth-order valence-corrected chi connectivity index (χ4v) is 2.32. The fraction of sp³-hybridized carbons (Fsp3) is 1.00. The van der Waals surface area contributed by atoms with E-state index < -0.39 is 0 Å². The molecular formula is C12H25NO2. The molecule has 0 aromatic rings. The van der Waals surface area contributed by atoms with E-state index in [4.69, 9.17) is 9.84 Å². The first-order valence-electron chi connectivity index (χ1n) is 6.25. The molecule has 2 N–H and O–H groups in total. The molecule has 0 spiro atoms. The number of aliphatic hydroxyl groups excluding tert-OH is 1. The number of hydrogen-bond donors (Lipinski definition) is 2. The van der Waals surface area contributed by atoms with Gasteiger partial charge in [-0.25, -0.2) is 0 Å². The van der Waals surface area contributed by atoms with Gasteiger partial charge in [0.2, 0.25) is 0 Å². The number of nitrogens with one attached hydrogen (secondary N) is 1. The molecule has 1 aliphatic carbocycles. The molecule has 0 aromatic carbocycles. The zero-order chi connectivity index (χ0) is 10.9. The van der Waals surface area contributed by atoms with Gasteiger partial charge in [-0.15, -0.1) is 0 Å². The van der Waals surface area contributed by atoms with Gasteiger partial charge in [-0.2, -0.15) is 0 Å². The zero-order valence-corrected chi connectivity index (χ0v) is 9.87. The van der Waals surface area contributed by atoms with Crippen LogP contribution in [0.3, 0.4) is 0 Å². The molecule has 0 radical (unpaired) electrons. The highest BCUT2D eigenvalue weighted by Gasteiger charge is 2.25. The molecule has 2 atom stereocenters. The smallest absolute Gasteiger partial charge is 0.0724 e. The largest absolute Gasteiger partial charge is 0.396 e. The third-order valence-corrected chi connectivity index (χ3v) is 3.25. The first-order chi connectivity index (χ1) is 7.38. The minimum absolute atomic E-state index is 0.335. The summed E-state index contributed by atoms with van der Waals surface area (Å²) in [5.41, 5.74) is 0. The summed E-state index contributed by atoms with van der Waals surface area (Å²) >= 11 is 0. The highest BCUT2D eigenvalue weighted by Crippen LogP contribution is 2.21. The van der Waals surface area contributed by atoms with Gasteiger partial charge in [0.25, 0.3) is 0 Å². The maximum Gasteiger partial charge on any atom is 0.0724 e. The highest BCUT2D eigenvalue weighted by atomic mass is 16.5.